The van der Waals surface area contributed by atoms with Crippen LogP contribution >= 0.6 is 0 Å². The van der Waals surface area contributed by atoms with Crippen LogP contribution in [-0.4, -0.2) is 18.5 Å². The molecule has 0 aliphatic carbocycles. The van der Waals surface area contributed by atoms with Gasteiger partial charge in [-0.25, -0.2) is 14.2 Å². The lowest BCUT2D eigenvalue weighted by atomic mass is 9.85. The van der Waals surface area contributed by atoms with E-state index >= 15 is 0 Å². The van der Waals surface area contributed by atoms with Gasteiger partial charge in [-0.2, -0.15) is 0 Å². The first kappa shape index (κ1) is 28.8. The predicted octanol–water partition coefficient (Wildman–Crippen LogP) is 11.1. The van der Waals surface area contributed by atoms with E-state index in [9.17, 15) is 4.79 Å². The van der Waals surface area contributed by atoms with Crippen molar-refractivity contribution < 1.29 is 0 Å². The number of benzene rings is 8. The minimum atomic E-state index is -0.109. The zero-order chi connectivity index (χ0) is 34.5. The Hall–Kier alpha value is -6.98. The zero-order valence-corrected chi connectivity index (χ0v) is 28.3. The number of para-hydroxylation sites is 4. The van der Waals surface area contributed by atoms with E-state index in [2.05, 4.69) is 144 Å². The van der Waals surface area contributed by atoms with Crippen LogP contribution in [-0.2, 0) is 7.05 Å². The molecule has 0 unspecified atom stereocenters. The maximum absolute atomic E-state index is 13.8. The van der Waals surface area contributed by atoms with Crippen molar-refractivity contribution in [1.82, 2.24) is 18.5 Å². The van der Waals surface area contributed by atoms with Crippen molar-refractivity contribution in [2.75, 3.05) is 0 Å². The molecule has 0 radical (unpaired) electrons. The molecule has 0 bridgehead atoms. The van der Waals surface area contributed by atoms with Gasteiger partial charge >= 0.3 is 5.69 Å². The van der Waals surface area contributed by atoms with Crippen LogP contribution < -0.4 is 5.69 Å². The van der Waals surface area contributed by atoms with Gasteiger partial charge in [0.1, 0.15) is 0 Å². The SMILES string of the molecule is Cn1c(=O)n2c3ccccc3nc2c2ccc(-c3c4ccccc4c(-c4ccc5c(c4)c4ccccc4n5-c4ccccc4)c4ccccc34)cc21. The van der Waals surface area contributed by atoms with Gasteiger partial charge < -0.3 is 4.57 Å². The van der Waals surface area contributed by atoms with Crippen molar-refractivity contribution in [2.45, 2.75) is 0 Å². The summed E-state index contributed by atoms with van der Waals surface area (Å²) in [5.41, 5.74) is 11.2. The number of hydrogen-bond donors (Lipinski definition) is 0. The number of fused-ring (bicyclic) bond motifs is 10. The quantitative estimate of drug-likeness (QED) is 0.176. The molecule has 11 aromatic rings. The molecular formula is C47H30N4O. The van der Waals surface area contributed by atoms with Crippen molar-refractivity contribution in [2.24, 2.45) is 7.05 Å². The summed E-state index contributed by atoms with van der Waals surface area (Å²) in [5, 5.41) is 8.10. The van der Waals surface area contributed by atoms with Crippen LogP contribution in [0.2, 0.25) is 0 Å². The Kier molecular flexibility index (Phi) is 5.96. The lowest BCUT2D eigenvalue weighted by Gasteiger charge is -2.18. The summed E-state index contributed by atoms with van der Waals surface area (Å²) in [5.74, 6) is 0. The van der Waals surface area contributed by atoms with Gasteiger partial charge in [0.25, 0.3) is 0 Å². The van der Waals surface area contributed by atoms with E-state index in [0.29, 0.717) is 5.65 Å². The van der Waals surface area contributed by atoms with E-state index in [0.717, 1.165) is 38.8 Å². The van der Waals surface area contributed by atoms with E-state index < -0.39 is 0 Å². The largest absolute Gasteiger partial charge is 0.334 e. The Balaban J connectivity index is 1.19. The number of nitrogens with zero attached hydrogens (tertiary/aromatic N) is 4. The Morgan fingerprint density at radius 1 is 0.442 bits per heavy atom. The molecule has 0 aliphatic heterocycles. The molecule has 11 rings (SSSR count). The molecule has 0 N–H and O–H groups in total. The number of aromatic nitrogens is 4. The third-order valence-corrected chi connectivity index (χ3v) is 10.8. The fourth-order valence-electron chi connectivity index (χ4n) is 8.54. The average Bonchev–Trinajstić information content (AvgIpc) is 3.75. The third-order valence-electron chi connectivity index (χ3n) is 10.8. The van der Waals surface area contributed by atoms with Crippen molar-refractivity contribution >= 4 is 70.9 Å². The summed E-state index contributed by atoms with van der Waals surface area (Å²) >= 11 is 0. The van der Waals surface area contributed by atoms with Crippen LogP contribution in [0.4, 0.5) is 0 Å². The minimum Gasteiger partial charge on any atom is -0.309 e. The van der Waals surface area contributed by atoms with Crippen LogP contribution in [0, 0.1) is 0 Å². The maximum Gasteiger partial charge on any atom is 0.334 e. The summed E-state index contributed by atoms with van der Waals surface area (Å²) in [6.45, 7) is 0. The number of rotatable bonds is 3. The molecule has 5 heteroatoms. The molecule has 3 aromatic heterocycles. The molecule has 244 valence electrons. The van der Waals surface area contributed by atoms with Gasteiger partial charge in [-0.3, -0.25) is 4.57 Å². The molecule has 0 fully saturated rings. The molecule has 0 aliphatic rings. The van der Waals surface area contributed by atoms with Crippen LogP contribution in [0.3, 0.4) is 0 Å². The van der Waals surface area contributed by atoms with E-state index in [-0.39, 0.29) is 5.69 Å². The zero-order valence-electron chi connectivity index (χ0n) is 28.3. The Labute approximate surface area is 297 Å². The second-order valence-electron chi connectivity index (χ2n) is 13.6. The maximum atomic E-state index is 13.8. The van der Waals surface area contributed by atoms with Crippen LogP contribution in [0.5, 0.6) is 0 Å². The fraction of sp³-hybridized carbons (Fsp3) is 0.0213. The van der Waals surface area contributed by atoms with Gasteiger partial charge in [0.2, 0.25) is 0 Å². The predicted molar refractivity (Wildman–Crippen MR) is 216 cm³/mol. The second-order valence-corrected chi connectivity index (χ2v) is 13.6. The van der Waals surface area contributed by atoms with E-state index in [1.165, 1.54) is 54.5 Å². The summed E-state index contributed by atoms with van der Waals surface area (Å²) in [6, 6.07) is 58.0. The molecule has 0 atom stereocenters. The van der Waals surface area contributed by atoms with Gasteiger partial charge in [-0.05, 0) is 98.4 Å². The Bertz CT molecular complexity index is 3270. The Morgan fingerprint density at radius 2 is 0.981 bits per heavy atom. The van der Waals surface area contributed by atoms with Crippen LogP contribution in [0.25, 0.3) is 98.9 Å². The molecule has 5 nitrogen and oxygen atoms in total. The molecule has 0 spiro atoms. The Morgan fingerprint density at radius 3 is 1.67 bits per heavy atom. The molecule has 0 saturated heterocycles. The highest BCUT2D eigenvalue weighted by Gasteiger charge is 2.20. The standard InChI is InChI=1S/C47H30N4O/c1-49-43-28-30(23-25-37(43)46-48-39-20-10-12-22-42(39)51(46)47(49)52)45-35-18-7-5-16-33(35)44(34-17-6-8-19-36(34)45)29-24-26-41-38(27-29)32-15-9-11-21-40(32)50(41)31-13-3-2-4-14-31/h2-28H,1H3. The van der Waals surface area contributed by atoms with Gasteiger partial charge in [0.05, 0.1) is 27.6 Å². The summed E-state index contributed by atoms with van der Waals surface area (Å²) < 4.78 is 5.84. The molecule has 3 heterocycles. The second kappa shape index (κ2) is 10.8. The molecule has 52 heavy (non-hydrogen) atoms. The highest BCUT2D eigenvalue weighted by Crippen LogP contribution is 2.45. The highest BCUT2D eigenvalue weighted by atomic mass is 16.1. The van der Waals surface area contributed by atoms with Gasteiger partial charge in [-0.15, -0.1) is 0 Å². The highest BCUT2D eigenvalue weighted by molar-refractivity contribution is 6.23. The van der Waals surface area contributed by atoms with Gasteiger partial charge in [-0.1, -0.05) is 109 Å². The molecule has 0 amide bonds. The smallest absolute Gasteiger partial charge is 0.309 e. The molecule has 0 saturated carbocycles. The van der Waals surface area contributed by atoms with Crippen LogP contribution in [0.15, 0.2) is 169 Å². The van der Waals surface area contributed by atoms with Gasteiger partial charge in [0, 0.05) is 28.9 Å². The van der Waals surface area contributed by atoms with Crippen molar-refractivity contribution in [3.8, 4) is 27.9 Å². The van der Waals surface area contributed by atoms with Crippen molar-refractivity contribution in [1.29, 1.82) is 0 Å². The summed E-state index contributed by atoms with van der Waals surface area (Å²) in [6.07, 6.45) is 0. The van der Waals surface area contributed by atoms with E-state index in [1.807, 2.05) is 31.3 Å². The monoisotopic (exact) mass is 666 g/mol. The first-order valence-electron chi connectivity index (χ1n) is 17.6. The number of aryl methyl sites for hydroxylation is 1. The van der Waals surface area contributed by atoms with E-state index in [1.54, 1.807) is 8.97 Å². The first-order valence-corrected chi connectivity index (χ1v) is 17.6. The first-order chi connectivity index (χ1) is 25.7. The lowest BCUT2D eigenvalue weighted by molar-refractivity contribution is 0.836. The molecular weight excluding hydrogens is 637 g/mol. The molecule has 8 aromatic carbocycles. The van der Waals surface area contributed by atoms with E-state index in [4.69, 9.17) is 4.98 Å². The van der Waals surface area contributed by atoms with Gasteiger partial charge in [0.15, 0.2) is 5.65 Å². The fourth-order valence-corrected chi connectivity index (χ4v) is 8.54. The van der Waals surface area contributed by atoms with Crippen LogP contribution in [0.1, 0.15) is 0 Å². The topological polar surface area (TPSA) is 44.2 Å². The third kappa shape index (κ3) is 3.93. The van der Waals surface area contributed by atoms with Crippen molar-refractivity contribution in [3.05, 3.63) is 174 Å². The van der Waals surface area contributed by atoms with Crippen molar-refractivity contribution in [3.63, 3.8) is 0 Å². The lowest BCUT2D eigenvalue weighted by Crippen LogP contribution is -2.24. The number of imidazole rings is 1. The average molecular weight is 667 g/mol. The number of hydrogen-bond acceptors (Lipinski definition) is 2. The minimum absolute atomic E-state index is 0.109. The summed E-state index contributed by atoms with van der Waals surface area (Å²) in [4.78, 5) is 18.7. The normalized spacial score (nSPS) is 12.0. The summed E-state index contributed by atoms with van der Waals surface area (Å²) in [7, 11) is 1.85.